The topological polar surface area (TPSA) is 32.7 Å². The molecule has 0 saturated carbocycles. The average Bonchev–Trinajstić information content (AvgIpc) is 2.94. The number of likely N-dealkylation sites (tertiary alicyclic amines) is 1. The van der Waals surface area contributed by atoms with Crippen LogP contribution >= 0.6 is 0 Å². The average molecular weight is 496 g/mol. The van der Waals surface area contributed by atoms with Gasteiger partial charge in [-0.2, -0.15) is 0 Å². The Morgan fingerprint density at radius 2 is 1.31 bits per heavy atom. The van der Waals surface area contributed by atoms with Crippen LogP contribution in [-0.4, -0.2) is 42.9 Å². The summed E-state index contributed by atoms with van der Waals surface area (Å²) in [7, 11) is 0. The van der Waals surface area contributed by atoms with Crippen LogP contribution in [0, 0.1) is 5.92 Å². The van der Waals surface area contributed by atoms with Crippen molar-refractivity contribution < 1.29 is 14.2 Å². The van der Waals surface area contributed by atoms with Gasteiger partial charge in [0.05, 0.1) is 6.67 Å². The maximum Gasteiger partial charge on any atom is 0.119 e. The van der Waals surface area contributed by atoms with Gasteiger partial charge in [-0.1, -0.05) is 88.4 Å². The van der Waals surface area contributed by atoms with Crippen LogP contribution in [0.1, 0.15) is 51.7 Å². The highest BCUT2D eigenvalue weighted by atomic mass is 19.1. The molecule has 0 radical (unpaired) electrons. The molecule has 0 amide bonds. The van der Waals surface area contributed by atoms with Crippen molar-refractivity contribution in [2.75, 3.05) is 32.9 Å². The number of hydrogen-bond acceptors (Lipinski definition) is 3. The van der Waals surface area contributed by atoms with Gasteiger partial charge in [-0.25, -0.2) is 0 Å². The Morgan fingerprint density at radius 3 is 1.86 bits per heavy atom. The number of halogens is 1. The minimum atomic E-state index is -0.184. The van der Waals surface area contributed by atoms with E-state index >= 15 is 0 Å². The second-order valence-corrected chi connectivity index (χ2v) is 8.26. The Bertz CT molecular complexity index is 856. The molecule has 36 heavy (non-hydrogen) atoms. The largest absolute Gasteiger partial charge is 0.508 e. The zero-order chi connectivity index (χ0) is 26.4. The van der Waals surface area contributed by atoms with Gasteiger partial charge in [-0.15, -0.1) is 0 Å². The maximum atomic E-state index is 12.1. The molecule has 0 spiro atoms. The van der Waals surface area contributed by atoms with Crippen molar-refractivity contribution in [1.82, 2.24) is 4.90 Å². The van der Waals surface area contributed by atoms with E-state index in [0.717, 1.165) is 31.8 Å². The first-order chi connectivity index (χ1) is 17.7. The minimum absolute atomic E-state index is 0.184. The number of benzene rings is 3. The minimum Gasteiger partial charge on any atom is -0.508 e. The summed E-state index contributed by atoms with van der Waals surface area (Å²) in [6, 6.07) is 27.5. The fourth-order valence-corrected chi connectivity index (χ4v) is 3.87. The van der Waals surface area contributed by atoms with Crippen LogP contribution in [0.15, 0.2) is 84.9 Å². The van der Waals surface area contributed by atoms with E-state index in [4.69, 9.17) is 4.74 Å². The van der Waals surface area contributed by atoms with Gasteiger partial charge in [0.15, 0.2) is 0 Å². The number of rotatable bonds is 5. The van der Waals surface area contributed by atoms with E-state index in [1.54, 1.807) is 6.07 Å². The van der Waals surface area contributed by atoms with E-state index in [2.05, 4.69) is 4.90 Å². The van der Waals surface area contributed by atoms with Crippen molar-refractivity contribution in [3.8, 4) is 11.5 Å². The van der Waals surface area contributed by atoms with E-state index in [1.165, 1.54) is 30.4 Å². The number of aromatic hydroxyl groups is 1. The molecular formula is C32H46FNO2. The van der Waals surface area contributed by atoms with Gasteiger partial charge in [0.2, 0.25) is 0 Å². The van der Waals surface area contributed by atoms with Crippen LogP contribution < -0.4 is 4.74 Å². The third-order valence-electron chi connectivity index (χ3n) is 5.67. The molecule has 5 rings (SSSR count). The van der Waals surface area contributed by atoms with Gasteiger partial charge in [-0.05, 0) is 61.1 Å². The molecule has 0 atom stereocenters. The Balaban J connectivity index is 0.000000270. The van der Waals surface area contributed by atoms with Crippen LogP contribution in [0.4, 0.5) is 4.39 Å². The standard InChI is InChI=1S/C12H16FNO.C10H12O.C6H6.2C2H6/c13-8-11-9-14(10-11)6-7-15-12-4-2-1-3-5-12;11-10-6-5-8-3-1-2-4-9(8)7-10;1-2-4-6-5-3-1;2*1-2/h1-5,11H,6-10H2;5-7,11H,1-4H2;1-6H;2*1-2H3. The smallest absolute Gasteiger partial charge is 0.119 e. The Labute approximate surface area is 218 Å². The number of nitrogens with zero attached hydrogens (tertiary/aromatic N) is 1. The zero-order valence-electron chi connectivity index (χ0n) is 22.7. The van der Waals surface area contributed by atoms with Crippen molar-refractivity contribution in [3.63, 3.8) is 0 Å². The highest BCUT2D eigenvalue weighted by molar-refractivity contribution is 5.36. The first-order valence-corrected chi connectivity index (χ1v) is 13.5. The molecule has 1 fully saturated rings. The lowest BCUT2D eigenvalue weighted by Crippen LogP contribution is -2.49. The lowest BCUT2D eigenvalue weighted by molar-refractivity contribution is 0.0668. The molecule has 0 aromatic heterocycles. The summed E-state index contributed by atoms with van der Waals surface area (Å²) in [6.07, 6.45) is 4.91. The number of phenols is 1. The van der Waals surface area contributed by atoms with E-state index in [-0.39, 0.29) is 12.6 Å². The summed E-state index contributed by atoms with van der Waals surface area (Å²) >= 11 is 0. The molecule has 3 aromatic rings. The van der Waals surface area contributed by atoms with E-state index in [9.17, 15) is 9.50 Å². The van der Waals surface area contributed by atoms with Crippen molar-refractivity contribution in [3.05, 3.63) is 96.1 Å². The molecule has 1 N–H and O–H groups in total. The first-order valence-electron chi connectivity index (χ1n) is 13.5. The molecule has 1 aliphatic carbocycles. The summed E-state index contributed by atoms with van der Waals surface area (Å²) in [6.45, 7) is 11.2. The Hall–Kier alpha value is -2.85. The zero-order valence-corrected chi connectivity index (χ0v) is 22.7. The fourth-order valence-electron chi connectivity index (χ4n) is 3.87. The summed E-state index contributed by atoms with van der Waals surface area (Å²) in [5.74, 6) is 1.58. The van der Waals surface area contributed by atoms with Crippen LogP contribution in [-0.2, 0) is 12.8 Å². The Kier molecular flexibility index (Phi) is 17.6. The number of ether oxygens (including phenoxy) is 1. The number of hydrogen-bond donors (Lipinski definition) is 1. The summed E-state index contributed by atoms with van der Waals surface area (Å²) < 4.78 is 17.7. The number of para-hydroxylation sites is 1. The van der Waals surface area contributed by atoms with Crippen molar-refractivity contribution in [2.45, 2.75) is 53.4 Å². The van der Waals surface area contributed by atoms with Crippen molar-refractivity contribution in [2.24, 2.45) is 5.92 Å². The van der Waals surface area contributed by atoms with Gasteiger partial charge in [-0.3, -0.25) is 9.29 Å². The molecule has 2 aliphatic rings. The highest BCUT2D eigenvalue weighted by Crippen LogP contribution is 2.24. The summed E-state index contributed by atoms with van der Waals surface area (Å²) in [4.78, 5) is 2.22. The van der Waals surface area contributed by atoms with Crippen molar-refractivity contribution in [1.29, 1.82) is 0 Å². The van der Waals surface area contributed by atoms with E-state index in [0.29, 0.717) is 12.4 Å². The number of fused-ring (bicyclic) bond motifs is 1. The molecule has 3 aromatic carbocycles. The van der Waals surface area contributed by atoms with E-state index < -0.39 is 0 Å². The van der Waals surface area contributed by atoms with Crippen LogP contribution in [0.3, 0.4) is 0 Å². The third-order valence-corrected chi connectivity index (χ3v) is 5.67. The predicted molar refractivity (Wildman–Crippen MR) is 152 cm³/mol. The van der Waals surface area contributed by atoms with Crippen LogP contribution in [0.2, 0.25) is 0 Å². The quantitative estimate of drug-likeness (QED) is 0.389. The number of alkyl halides is 1. The highest BCUT2D eigenvalue weighted by Gasteiger charge is 2.25. The molecule has 0 unspecified atom stereocenters. The van der Waals surface area contributed by atoms with Gasteiger partial charge in [0, 0.05) is 25.6 Å². The third kappa shape index (κ3) is 12.7. The van der Waals surface area contributed by atoms with Gasteiger partial charge in [0.25, 0.3) is 0 Å². The SMILES string of the molecule is CC.CC.FCC1CN(CCOc2ccccc2)C1.Oc1ccc2c(c1)CCCC2.c1ccccc1. The Morgan fingerprint density at radius 1 is 0.778 bits per heavy atom. The molecule has 1 saturated heterocycles. The van der Waals surface area contributed by atoms with Gasteiger partial charge in [0.1, 0.15) is 18.1 Å². The summed E-state index contributed by atoms with van der Waals surface area (Å²) in [5, 5.41) is 9.19. The van der Waals surface area contributed by atoms with Gasteiger partial charge < -0.3 is 9.84 Å². The monoisotopic (exact) mass is 495 g/mol. The summed E-state index contributed by atoms with van der Waals surface area (Å²) in [5.41, 5.74) is 2.77. The second kappa shape index (κ2) is 20.4. The van der Waals surface area contributed by atoms with Crippen LogP contribution in [0.25, 0.3) is 0 Å². The molecule has 1 aliphatic heterocycles. The molecule has 0 bridgehead atoms. The molecular weight excluding hydrogens is 449 g/mol. The molecule has 198 valence electrons. The normalized spacial score (nSPS) is 13.8. The first kappa shape index (κ1) is 31.2. The number of aryl methyl sites for hydroxylation is 2. The molecule has 4 heteroatoms. The second-order valence-electron chi connectivity index (χ2n) is 8.26. The van der Waals surface area contributed by atoms with Crippen molar-refractivity contribution >= 4 is 0 Å². The van der Waals surface area contributed by atoms with Crippen LogP contribution in [0.5, 0.6) is 11.5 Å². The molecule has 3 nitrogen and oxygen atoms in total. The maximum absolute atomic E-state index is 12.1. The molecule has 1 heterocycles. The van der Waals surface area contributed by atoms with Gasteiger partial charge >= 0.3 is 0 Å². The predicted octanol–water partition coefficient (Wildman–Crippen LogP) is 7.98. The van der Waals surface area contributed by atoms with E-state index in [1.807, 2.05) is 107 Å². The fraction of sp³-hybridized carbons (Fsp3) is 0.438. The number of phenolic OH excluding ortho intramolecular Hbond substituents is 1. The lowest BCUT2D eigenvalue weighted by atomic mass is 9.92. The lowest BCUT2D eigenvalue weighted by Gasteiger charge is -2.37.